The van der Waals surface area contributed by atoms with Gasteiger partial charge < -0.3 is 15.4 Å². The summed E-state index contributed by atoms with van der Waals surface area (Å²) in [6, 6.07) is 22.8. The van der Waals surface area contributed by atoms with Crippen LogP contribution in [0, 0.1) is 17.0 Å². The molecule has 3 aromatic carbocycles. The number of hydrogen-bond donors (Lipinski definition) is 2. The zero-order chi connectivity index (χ0) is 20.5. The molecule has 0 heterocycles. The summed E-state index contributed by atoms with van der Waals surface area (Å²) in [5, 5.41) is 17.3. The summed E-state index contributed by atoms with van der Waals surface area (Å²) in [4.78, 5) is 10.3. The molecular weight excluding hydrogens is 402 g/mol. The number of hydrogen-bond acceptors (Lipinski definition) is 5. The summed E-state index contributed by atoms with van der Waals surface area (Å²) in [6.07, 6.45) is 0. The number of anilines is 1. The fourth-order valence-electron chi connectivity index (χ4n) is 2.83. The summed E-state index contributed by atoms with van der Waals surface area (Å²) in [5.41, 5.74) is 4.50. The van der Waals surface area contributed by atoms with Crippen molar-refractivity contribution in [3.8, 4) is 5.75 Å². The van der Waals surface area contributed by atoms with Crippen LogP contribution >= 0.6 is 12.4 Å². The number of nitrogens with one attached hydrogen (secondary N) is 2. The van der Waals surface area contributed by atoms with E-state index in [0.717, 1.165) is 42.2 Å². The highest BCUT2D eigenvalue weighted by Crippen LogP contribution is 2.16. The molecule has 0 saturated heterocycles. The molecule has 7 heteroatoms. The summed E-state index contributed by atoms with van der Waals surface area (Å²) in [7, 11) is 0. The van der Waals surface area contributed by atoms with Crippen LogP contribution in [0.15, 0.2) is 72.8 Å². The van der Waals surface area contributed by atoms with Gasteiger partial charge in [-0.1, -0.05) is 42.0 Å². The van der Waals surface area contributed by atoms with E-state index in [1.165, 1.54) is 17.7 Å². The molecule has 0 saturated carbocycles. The molecule has 6 nitrogen and oxygen atoms in total. The number of nitro benzene ring substituents is 1. The molecule has 0 aliphatic rings. The van der Waals surface area contributed by atoms with Crippen LogP contribution < -0.4 is 15.4 Å². The van der Waals surface area contributed by atoms with Gasteiger partial charge in [0.25, 0.3) is 5.69 Å². The van der Waals surface area contributed by atoms with Crippen molar-refractivity contribution in [2.45, 2.75) is 20.1 Å². The lowest BCUT2D eigenvalue weighted by atomic mass is 10.2. The number of aryl methyl sites for hydroxylation is 1. The van der Waals surface area contributed by atoms with Gasteiger partial charge >= 0.3 is 0 Å². The Hall–Kier alpha value is -3.09. The zero-order valence-corrected chi connectivity index (χ0v) is 17.7. The van der Waals surface area contributed by atoms with Crippen LogP contribution in [0.3, 0.4) is 0 Å². The van der Waals surface area contributed by atoms with Gasteiger partial charge in [-0.05, 0) is 42.3 Å². The molecule has 0 radical (unpaired) electrons. The average molecular weight is 428 g/mol. The zero-order valence-electron chi connectivity index (χ0n) is 16.8. The van der Waals surface area contributed by atoms with E-state index >= 15 is 0 Å². The number of halogens is 1. The first-order valence-corrected chi connectivity index (χ1v) is 9.56. The Morgan fingerprint density at radius 3 is 2.37 bits per heavy atom. The molecule has 0 aliphatic carbocycles. The maximum Gasteiger partial charge on any atom is 0.269 e. The minimum Gasteiger partial charge on any atom is -0.489 e. The molecule has 0 unspecified atom stereocenters. The van der Waals surface area contributed by atoms with Gasteiger partial charge in [0.05, 0.1) is 4.92 Å². The maximum absolute atomic E-state index is 10.7. The normalized spacial score (nSPS) is 10.2. The SMILES string of the molecule is Cc1ccc(COc2cccc(CNCCNc3ccc([N+](=O)[O-])cc3)c2)cc1.Cl. The minimum absolute atomic E-state index is 0. The topological polar surface area (TPSA) is 76.4 Å². The second-order valence-electron chi connectivity index (χ2n) is 6.83. The molecule has 158 valence electrons. The molecule has 0 amide bonds. The monoisotopic (exact) mass is 427 g/mol. The van der Waals surface area contributed by atoms with E-state index in [9.17, 15) is 10.1 Å². The van der Waals surface area contributed by atoms with Crippen LogP contribution in [0.2, 0.25) is 0 Å². The van der Waals surface area contributed by atoms with Gasteiger partial charge in [-0.3, -0.25) is 10.1 Å². The Labute approximate surface area is 182 Å². The van der Waals surface area contributed by atoms with E-state index in [1.54, 1.807) is 12.1 Å². The number of nitrogens with zero attached hydrogens (tertiary/aromatic N) is 1. The van der Waals surface area contributed by atoms with Crippen LogP contribution in [-0.4, -0.2) is 18.0 Å². The van der Waals surface area contributed by atoms with E-state index in [-0.39, 0.29) is 18.1 Å². The third-order valence-electron chi connectivity index (χ3n) is 4.46. The summed E-state index contributed by atoms with van der Waals surface area (Å²) < 4.78 is 5.90. The van der Waals surface area contributed by atoms with Gasteiger partial charge in [-0.2, -0.15) is 0 Å². The van der Waals surface area contributed by atoms with E-state index in [0.29, 0.717) is 6.61 Å². The Morgan fingerprint density at radius 1 is 0.933 bits per heavy atom. The number of nitro groups is 1. The van der Waals surface area contributed by atoms with Crippen LogP contribution in [0.25, 0.3) is 0 Å². The molecule has 0 bridgehead atoms. The quantitative estimate of drug-likeness (QED) is 0.267. The van der Waals surface area contributed by atoms with Crippen LogP contribution in [-0.2, 0) is 13.2 Å². The number of rotatable bonds is 10. The fourth-order valence-corrected chi connectivity index (χ4v) is 2.83. The fraction of sp³-hybridized carbons (Fsp3) is 0.217. The summed E-state index contributed by atoms with van der Waals surface area (Å²) in [5.74, 6) is 0.855. The van der Waals surface area contributed by atoms with Crippen molar-refractivity contribution in [2.24, 2.45) is 0 Å². The predicted molar refractivity (Wildman–Crippen MR) is 122 cm³/mol. The van der Waals surface area contributed by atoms with Crippen LogP contribution in [0.5, 0.6) is 5.75 Å². The lowest BCUT2D eigenvalue weighted by molar-refractivity contribution is -0.384. The van der Waals surface area contributed by atoms with E-state index < -0.39 is 4.92 Å². The molecule has 0 spiro atoms. The van der Waals surface area contributed by atoms with Crippen molar-refractivity contribution in [3.63, 3.8) is 0 Å². The van der Waals surface area contributed by atoms with Crippen molar-refractivity contribution < 1.29 is 9.66 Å². The predicted octanol–water partition coefficient (Wildman–Crippen LogP) is 5.11. The standard InChI is InChI=1S/C23H25N3O3.ClH/c1-18-5-7-19(8-6-18)17-29-23-4-2-3-20(15-23)16-24-13-14-25-21-9-11-22(12-10-21)26(27)28;/h2-12,15,24-25H,13-14,16-17H2,1H3;1H. The maximum atomic E-state index is 10.7. The van der Waals surface area contributed by atoms with E-state index in [4.69, 9.17) is 4.74 Å². The van der Waals surface area contributed by atoms with Gasteiger partial charge in [0.15, 0.2) is 0 Å². The minimum atomic E-state index is -0.399. The highest BCUT2D eigenvalue weighted by molar-refractivity contribution is 5.85. The summed E-state index contributed by atoms with van der Waals surface area (Å²) in [6.45, 7) is 4.86. The van der Waals surface area contributed by atoms with Crippen molar-refractivity contribution >= 4 is 23.8 Å². The Morgan fingerprint density at radius 2 is 1.67 bits per heavy atom. The molecule has 0 aromatic heterocycles. The lowest BCUT2D eigenvalue weighted by Gasteiger charge is -2.10. The Kier molecular flexibility index (Phi) is 9.12. The molecule has 30 heavy (non-hydrogen) atoms. The second-order valence-corrected chi connectivity index (χ2v) is 6.83. The van der Waals surface area contributed by atoms with Gasteiger partial charge in [0, 0.05) is 37.5 Å². The first-order valence-electron chi connectivity index (χ1n) is 9.56. The Balaban J connectivity index is 0.00000320. The third kappa shape index (κ3) is 7.39. The third-order valence-corrected chi connectivity index (χ3v) is 4.46. The van der Waals surface area contributed by atoms with E-state index in [2.05, 4.69) is 47.9 Å². The van der Waals surface area contributed by atoms with Gasteiger partial charge in [-0.15, -0.1) is 12.4 Å². The van der Waals surface area contributed by atoms with Crippen molar-refractivity contribution in [3.05, 3.63) is 99.6 Å². The lowest BCUT2D eigenvalue weighted by Crippen LogP contribution is -2.21. The molecule has 0 fully saturated rings. The van der Waals surface area contributed by atoms with Crippen LogP contribution in [0.1, 0.15) is 16.7 Å². The smallest absolute Gasteiger partial charge is 0.269 e. The van der Waals surface area contributed by atoms with Gasteiger partial charge in [-0.25, -0.2) is 0 Å². The first kappa shape index (κ1) is 23.2. The van der Waals surface area contributed by atoms with Crippen molar-refractivity contribution in [1.29, 1.82) is 0 Å². The molecule has 2 N–H and O–H groups in total. The van der Waals surface area contributed by atoms with Crippen molar-refractivity contribution in [2.75, 3.05) is 18.4 Å². The van der Waals surface area contributed by atoms with Gasteiger partial charge in [0.2, 0.25) is 0 Å². The number of non-ortho nitro benzene ring substituents is 1. The first-order chi connectivity index (χ1) is 14.1. The van der Waals surface area contributed by atoms with Crippen LogP contribution in [0.4, 0.5) is 11.4 Å². The molecular formula is C23H26ClN3O3. The number of ether oxygens (including phenoxy) is 1. The molecule has 0 atom stereocenters. The van der Waals surface area contributed by atoms with Crippen molar-refractivity contribution in [1.82, 2.24) is 5.32 Å². The Bertz CT molecular complexity index is 931. The average Bonchev–Trinajstić information content (AvgIpc) is 2.74. The molecule has 3 rings (SSSR count). The number of benzene rings is 3. The second kappa shape index (κ2) is 11.8. The van der Waals surface area contributed by atoms with Gasteiger partial charge in [0.1, 0.15) is 12.4 Å². The highest BCUT2D eigenvalue weighted by atomic mass is 35.5. The summed E-state index contributed by atoms with van der Waals surface area (Å²) >= 11 is 0. The largest absolute Gasteiger partial charge is 0.489 e. The highest BCUT2D eigenvalue weighted by Gasteiger charge is 2.03. The van der Waals surface area contributed by atoms with E-state index in [1.807, 2.05) is 18.2 Å². The molecule has 3 aromatic rings. The molecule has 0 aliphatic heterocycles.